The smallest absolute Gasteiger partial charge is 0.220 e. The highest BCUT2D eigenvalue weighted by Gasteiger charge is 2.12. The Morgan fingerprint density at radius 1 is 1.25 bits per heavy atom. The van der Waals surface area contributed by atoms with E-state index in [1.54, 1.807) is 12.1 Å². The molecule has 2 rings (SSSR count). The van der Waals surface area contributed by atoms with Crippen molar-refractivity contribution in [2.24, 2.45) is 0 Å². The second kappa shape index (κ2) is 6.37. The van der Waals surface area contributed by atoms with Gasteiger partial charge in [-0.1, -0.05) is 12.1 Å². The first-order chi connectivity index (χ1) is 9.54. The Morgan fingerprint density at radius 2 is 1.95 bits per heavy atom. The zero-order valence-electron chi connectivity index (χ0n) is 11.7. The predicted octanol–water partition coefficient (Wildman–Crippen LogP) is 3.54. The first-order valence-corrected chi connectivity index (χ1v) is 6.65. The van der Waals surface area contributed by atoms with Gasteiger partial charge in [0.1, 0.15) is 17.3 Å². The first-order valence-electron chi connectivity index (χ1n) is 6.65. The van der Waals surface area contributed by atoms with Crippen LogP contribution in [0.5, 0.6) is 0 Å². The van der Waals surface area contributed by atoms with Crippen LogP contribution in [0.3, 0.4) is 0 Å². The first kappa shape index (κ1) is 14.3. The average Bonchev–Trinajstić information content (AvgIpc) is 2.85. The number of halogens is 1. The monoisotopic (exact) mass is 275 g/mol. The van der Waals surface area contributed by atoms with Crippen molar-refractivity contribution in [1.82, 2.24) is 5.32 Å². The van der Waals surface area contributed by atoms with Crippen LogP contribution in [0.15, 0.2) is 40.8 Å². The lowest BCUT2D eigenvalue weighted by atomic mass is 10.1. The normalized spacial score (nSPS) is 12.2. The second-order valence-corrected chi connectivity index (χ2v) is 4.86. The molecule has 106 valence electrons. The van der Waals surface area contributed by atoms with Crippen LogP contribution in [-0.4, -0.2) is 5.91 Å². The number of amides is 1. The number of carbonyl (C=O) groups is 1. The second-order valence-electron chi connectivity index (χ2n) is 4.86. The van der Waals surface area contributed by atoms with Gasteiger partial charge in [0.05, 0.1) is 6.04 Å². The lowest BCUT2D eigenvalue weighted by molar-refractivity contribution is -0.121. The molecule has 4 heteroatoms. The number of furan rings is 1. The standard InChI is InChI=1S/C16H18FNO2/c1-11-3-9-15(20-11)12(2)18-16(19)10-6-13-4-7-14(17)8-5-13/h3-5,7-9,12H,6,10H2,1-2H3,(H,18,19). The van der Waals surface area contributed by atoms with E-state index < -0.39 is 0 Å². The quantitative estimate of drug-likeness (QED) is 0.907. The van der Waals surface area contributed by atoms with Gasteiger partial charge in [-0.25, -0.2) is 4.39 Å². The van der Waals surface area contributed by atoms with E-state index in [0.29, 0.717) is 12.8 Å². The topological polar surface area (TPSA) is 42.2 Å². The van der Waals surface area contributed by atoms with Gasteiger partial charge in [0.2, 0.25) is 5.91 Å². The predicted molar refractivity (Wildman–Crippen MR) is 74.7 cm³/mol. The summed E-state index contributed by atoms with van der Waals surface area (Å²) in [6.45, 7) is 3.75. The Bertz CT molecular complexity index is 574. The van der Waals surface area contributed by atoms with E-state index in [4.69, 9.17) is 4.42 Å². The summed E-state index contributed by atoms with van der Waals surface area (Å²) in [5.41, 5.74) is 0.947. The molecule has 0 fully saturated rings. The van der Waals surface area contributed by atoms with Gasteiger partial charge in [-0.15, -0.1) is 0 Å². The van der Waals surface area contributed by atoms with Crippen LogP contribution in [0.25, 0.3) is 0 Å². The highest BCUT2D eigenvalue weighted by atomic mass is 19.1. The Morgan fingerprint density at radius 3 is 2.55 bits per heavy atom. The van der Waals surface area contributed by atoms with E-state index in [1.165, 1.54) is 12.1 Å². The molecule has 0 bridgehead atoms. The fourth-order valence-electron chi connectivity index (χ4n) is 1.98. The van der Waals surface area contributed by atoms with Gasteiger partial charge in [-0.3, -0.25) is 4.79 Å². The van der Waals surface area contributed by atoms with Crippen LogP contribution in [-0.2, 0) is 11.2 Å². The maximum atomic E-state index is 12.8. The van der Waals surface area contributed by atoms with Crippen molar-refractivity contribution in [3.63, 3.8) is 0 Å². The molecule has 1 atom stereocenters. The number of benzene rings is 1. The summed E-state index contributed by atoms with van der Waals surface area (Å²) in [4.78, 5) is 11.8. The molecule has 2 aromatic rings. The molecule has 1 N–H and O–H groups in total. The zero-order chi connectivity index (χ0) is 14.5. The van der Waals surface area contributed by atoms with E-state index in [0.717, 1.165) is 17.1 Å². The van der Waals surface area contributed by atoms with E-state index in [1.807, 2.05) is 26.0 Å². The molecule has 1 unspecified atom stereocenters. The molecule has 3 nitrogen and oxygen atoms in total. The van der Waals surface area contributed by atoms with Gasteiger partial charge < -0.3 is 9.73 Å². The van der Waals surface area contributed by atoms with Gasteiger partial charge in [0, 0.05) is 6.42 Å². The lowest BCUT2D eigenvalue weighted by Crippen LogP contribution is -2.26. The van der Waals surface area contributed by atoms with Gasteiger partial charge >= 0.3 is 0 Å². The van der Waals surface area contributed by atoms with Crippen molar-refractivity contribution in [1.29, 1.82) is 0 Å². The van der Waals surface area contributed by atoms with E-state index >= 15 is 0 Å². The molecular weight excluding hydrogens is 257 g/mol. The molecule has 0 aliphatic heterocycles. The Kier molecular flexibility index (Phi) is 4.56. The number of rotatable bonds is 5. The van der Waals surface area contributed by atoms with Crippen molar-refractivity contribution < 1.29 is 13.6 Å². The minimum absolute atomic E-state index is 0.0455. The van der Waals surface area contributed by atoms with Crippen molar-refractivity contribution in [3.05, 3.63) is 59.3 Å². The molecule has 1 heterocycles. The van der Waals surface area contributed by atoms with E-state index in [2.05, 4.69) is 5.32 Å². The van der Waals surface area contributed by atoms with Crippen LogP contribution in [0.4, 0.5) is 4.39 Å². The van der Waals surface area contributed by atoms with E-state index in [9.17, 15) is 9.18 Å². The van der Waals surface area contributed by atoms with Gasteiger partial charge in [0.25, 0.3) is 0 Å². The van der Waals surface area contributed by atoms with Crippen LogP contribution >= 0.6 is 0 Å². The molecule has 1 aromatic carbocycles. The minimum atomic E-state index is -0.264. The van der Waals surface area contributed by atoms with E-state index in [-0.39, 0.29) is 17.8 Å². The minimum Gasteiger partial charge on any atom is -0.464 e. The number of carbonyl (C=O) groups excluding carboxylic acids is 1. The molecule has 0 saturated heterocycles. The van der Waals surface area contributed by atoms with Gasteiger partial charge in [-0.05, 0) is 50.1 Å². The third-order valence-electron chi connectivity index (χ3n) is 3.12. The molecule has 1 aromatic heterocycles. The van der Waals surface area contributed by atoms with Crippen LogP contribution in [0, 0.1) is 12.7 Å². The van der Waals surface area contributed by atoms with Crippen molar-refractivity contribution in [2.45, 2.75) is 32.7 Å². The van der Waals surface area contributed by atoms with Crippen molar-refractivity contribution in [2.75, 3.05) is 0 Å². The summed E-state index contributed by atoms with van der Waals surface area (Å²) in [6, 6.07) is 9.79. The molecular formula is C16H18FNO2. The van der Waals surface area contributed by atoms with Gasteiger partial charge in [-0.2, -0.15) is 0 Å². The maximum Gasteiger partial charge on any atom is 0.220 e. The summed E-state index contributed by atoms with van der Waals surface area (Å²) < 4.78 is 18.2. The lowest BCUT2D eigenvalue weighted by Gasteiger charge is -2.11. The summed E-state index contributed by atoms with van der Waals surface area (Å²) in [6.07, 6.45) is 0.964. The van der Waals surface area contributed by atoms with Crippen molar-refractivity contribution >= 4 is 5.91 Å². The summed E-state index contributed by atoms with van der Waals surface area (Å²) in [7, 11) is 0. The fraction of sp³-hybridized carbons (Fsp3) is 0.312. The highest BCUT2D eigenvalue weighted by molar-refractivity contribution is 5.76. The third kappa shape index (κ3) is 3.95. The van der Waals surface area contributed by atoms with Crippen molar-refractivity contribution in [3.8, 4) is 0 Å². The number of hydrogen-bond donors (Lipinski definition) is 1. The summed E-state index contributed by atoms with van der Waals surface area (Å²) in [5, 5.41) is 2.88. The van der Waals surface area contributed by atoms with Crippen LogP contribution in [0.1, 0.15) is 36.5 Å². The molecule has 0 aliphatic rings. The Balaban J connectivity index is 1.82. The number of aryl methyl sites for hydroxylation is 2. The Labute approximate surface area is 117 Å². The van der Waals surface area contributed by atoms with Crippen LogP contribution < -0.4 is 5.32 Å². The number of hydrogen-bond acceptors (Lipinski definition) is 2. The third-order valence-corrected chi connectivity index (χ3v) is 3.12. The molecule has 0 aliphatic carbocycles. The summed E-state index contributed by atoms with van der Waals surface area (Å²) in [5.74, 6) is 1.26. The van der Waals surface area contributed by atoms with Crippen LogP contribution in [0.2, 0.25) is 0 Å². The molecule has 0 spiro atoms. The molecule has 0 radical (unpaired) electrons. The molecule has 1 amide bonds. The molecule has 0 saturated carbocycles. The van der Waals surface area contributed by atoms with Gasteiger partial charge in [0.15, 0.2) is 0 Å². The zero-order valence-corrected chi connectivity index (χ0v) is 11.7. The average molecular weight is 275 g/mol. The Hall–Kier alpha value is -2.10. The summed E-state index contributed by atoms with van der Waals surface area (Å²) >= 11 is 0. The SMILES string of the molecule is Cc1ccc(C(C)NC(=O)CCc2ccc(F)cc2)o1. The highest BCUT2D eigenvalue weighted by Crippen LogP contribution is 2.15. The number of nitrogens with one attached hydrogen (secondary N) is 1. The fourth-order valence-corrected chi connectivity index (χ4v) is 1.98. The maximum absolute atomic E-state index is 12.8. The molecule has 20 heavy (non-hydrogen) atoms. The largest absolute Gasteiger partial charge is 0.464 e.